The first-order valence-corrected chi connectivity index (χ1v) is 17.3. The highest BCUT2D eigenvalue weighted by Crippen LogP contribution is 2.08. The summed E-state index contributed by atoms with van der Waals surface area (Å²) in [6.45, 7) is 0.130. The molecule has 0 spiro atoms. The lowest BCUT2D eigenvalue weighted by molar-refractivity contribution is -0.123. The fraction of sp³-hybridized carbons (Fsp3) is 0.211. The summed E-state index contributed by atoms with van der Waals surface area (Å²) in [4.78, 5) is 87.3. The van der Waals surface area contributed by atoms with E-state index in [1.54, 1.807) is 0 Å². The van der Waals surface area contributed by atoms with E-state index in [0.29, 0.717) is 11.1 Å². The van der Waals surface area contributed by atoms with E-state index in [-0.39, 0.29) is 61.5 Å². The van der Waals surface area contributed by atoms with Gasteiger partial charge in [0.25, 0.3) is 35.4 Å². The maximum atomic E-state index is 13.4. The number of hydrogen-bond acceptors (Lipinski definition) is 10. The van der Waals surface area contributed by atoms with Crippen molar-refractivity contribution in [2.24, 2.45) is 10.2 Å². The molecule has 16 nitrogen and oxygen atoms in total. The number of hydrazone groups is 2. The third-order valence-corrected chi connectivity index (χ3v) is 8.10. The van der Waals surface area contributed by atoms with Gasteiger partial charge in [0.1, 0.15) is 46.5 Å². The Bertz CT molecular complexity index is 1990. The van der Waals surface area contributed by atoms with E-state index in [1.807, 2.05) is 0 Å². The van der Waals surface area contributed by atoms with Crippen molar-refractivity contribution >= 4 is 47.9 Å². The quantitative estimate of drug-likeness (QED) is 0.125. The second-order valence-electron chi connectivity index (χ2n) is 12.2. The maximum absolute atomic E-state index is 13.4. The Morgan fingerprint density at radius 3 is 1.30 bits per heavy atom. The number of aromatic nitrogens is 2. The van der Waals surface area contributed by atoms with Gasteiger partial charge in [-0.05, 0) is 85.3 Å². The van der Waals surface area contributed by atoms with E-state index in [4.69, 9.17) is 0 Å². The molecule has 2 atom stereocenters. The second-order valence-corrected chi connectivity index (χ2v) is 12.2. The monoisotopic (exact) mass is 766 g/mol. The Kier molecular flexibility index (Phi) is 14.1. The van der Waals surface area contributed by atoms with Crippen LogP contribution < -0.4 is 32.1 Å². The Labute approximate surface area is 318 Å². The molecule has 5 rings (SSSR count). The highest BCUT2D eigenvalue weighted by atomic mass is 19.1. The van der Waals surface area contributed by atoms with Crippen molar-refractivity contribution in [2.75, 3.05) is 13.1 Å². The van der Waals surface area contributed by atoms with Gasteiger partial charge < -0.3 is 21.3 Å². The van der Waals surface area contributed by atoms with E-state index >= 15 is 0 Å². The molecular formula is C38H36F2N10O6. The summed E-state index contributed by atoms with van der Waals surface area (Å²) < 4.78 is 26.6. The molecule has 18 heteroatoms. The number of nitrogens with one attached hydrogen (secondary N) is 6. The second kappa shape index (κ2) is 19.7. The molecule has 288 valence electrons. The maximum Gasteiger partial charge on any atom is 0.270 e. The van der Waals surface area contributed by atoms with Gasteiger partial charge >= 0.3 is 0 Å². The highest BCUT2D eigenvalue weighted by Gasteiger charge is 2.25. The van der Waals surface area contributed by atoms with Crippen LogP contribution in [0.1, 0.15) is 78.8 Å². The van der Waals surface area contributed by atoms with Gasteiger partial charge in [-0.25, -0.2) is 29.6 Å². The molecule has 0 radical (unpaired) electrons. The van der Waals surface area contributed by atoms with Crippen molar-refractivity contribution in [1.29, 1.82) is 0 Å². The van der Waals surface area contributed by atoms with Crippen LogP contribution in [0.3, 0.4) is 0 Å². The molecule has 56 heavy (non-hydrogen) atoms. The minimum atomic E-state index is -1.20. The first-order valence-electron chi connectivity index (χ1n) is 17.3. The lowest BCUT2D eigenvalue weighted by atomic mass is 10.1. The van der Waals surface area contributed by atoms with Crippen LogP contribution in [-0.4, -0.2) is 83.0 Å². The van der Waals surface area contributed by atoms with E-state index in [2.05, 4.69) is 52.3 Å². The number of benzene rings is 2. The third-order valence-electron chi connectivity index (χ3n) is 8.10. The number of carbonyl (C=O) groups excluding carboxylic acids is 6. The molecule has 2 unspecified atom stereocenters. The Morgan fingerprint density at radius 2 is 0.929 bits per heavy atom. The van der Waals surface area contributed by atoms with E-state index in [9.17, 15) is 37.5 Å². The van der Waals surface area contributed by atoms with Crippen LogP contribution in [0.5, 0.6) is 0 Å². The lowest BCUT2D eigenvalue weighted by Gasteiger charge is -2.18. The number of nitrogens with zero attached hydrogens (tertiary/aromatic N) is 4. The van der Waals surface area contributed by atoms with Crippen molar-refractivity contribution < 1.29 is 37.5 Å². The molecule has 1 aliphatic rings. The molecule has 0 saturated carbocycles. The molecule has 2 aromatic carbocycles. The van der Waals surface area contributed by atoms with E-state index in [1.165, 1.54) is 97.4 Å². The van der Waals surface area contributed by atoms with Crippen molar-refractivity contribution in [1.82, 2.24) is 42.1 Å². The smallest absolute Gasteiger partial charge is 0.270 e. The number of hydrogen-bond donors (Lipinski definition) is 6. The zero-order valence-electron chi connectivity index (χ0n) is 29.6. The average molecular weight is 767 g/mol. The Hall–Kier alpha value is -7.24. The molecule has 0 fully saturated rings. The average Bonchev–Trinajstić information content (AvgIpc) is 3.20. The number of rotatable bonds is 6. The van der Waals surface area contributed by atoms with Crippen molar-refractivity contribution in [2.45, 2.75) is 37.8 Å². The number of pyridine rings is 2. The summed E-state index contributed by atoms with van der Waals surface area (Å²) in [5.74, 6) is -5.12. The minimum absolute atomic E-state index is 0.0143. The van der Waals surface area contributed by atoms with Crippen LogP contribution in [0.25, 0.3) is 0 Å². The fourth-order valence-corrected chi connectivity index (χ4v) is 5.17. The molecule has 2 aromatic heterocycles. The van der Waals surface area contributed by atoms with Crippen LogP contribution in [0.15, 0.2) is 95.1 Å². The lowest BCUT2D eigenvalue weighted by Crippen LogP contribution is -2.47. The van der Waals surface area contributed by atoms with Crippen molar-refractivity contribution in [3.8, 4) is 0 Å². The van der Waals surface area contributed by atoms with Crippen molar-refractivity contribution in [3.05, 3.63) is 130 Å². The SMILES string of the molecule is O=C1NCCCC(C(=O)N/N=C/c2ccc(F)cc2)NC(=O)c2cccc(n2)C(=O)NC(C(=O)N/N=C/c2ccc(F)cc2)CCCNC(=O)c2cccc1n2. The first-order chi connectivity index (χ1) is 27.0. The van der Waals surface area contributed by atoms with Gasteiger partial charge in [0, 0.05) is 13.1 Å². The normalized spacial score (nSPS) is 17.4. The number of fused-ring (bicyclic) bond motifs is 4. The van der Waals surface area contributed by atoms with E-state index < -0.39 is 59.2 Å². The predicted molar refractivity (Wildman–Crippen MR) is 198 cm³/mol. The molecule has 6 amide bonds. The van der Waals surface area contributed by atoms with Crippen LogP contribution in [-0.2, 0) is 9.59 Å². The summed E-state index contributed by atoms with van der Waals surface area (Å²) in [5.41, 5.74) is 5.14. The fourth-order valence-electron chi connectivity index (χ4n) is 5.17. The standard InChI is InChI=1S/C38H36F2N10O6/c39-25-15-11-23(12-16-25)21-43-49-37(55)31-9-3-19-41-33(51)27-5-1-6-28(45-27)34(52)42-20-4-10-32(38(56)50-44-22-24-13-17-26(40)18-14-24)48-36(54)30-8-2-7-29(46-30)35(53)47-31/h1-2,5-8,11-18,21-22,31-32H,3-4,9-10,19-20H2,(H,41,51)(H,42,52)(H,47,53)(H,48,54)(H,49,55)(H,50,56)/b43-21+,44-22+. The summed E-state index contributed by atoms with van der Waals surface area (Å²) >= 11 is 0. The van der Waals surface area contributed by atoms with Crippen LogP contribution in [0, 0.1) is 11.6 Å². The van der Waals surface area contributed by atoms with Crippen LogP contribution in [0.2, 0.25) is 0 Å². The Balaban J connectivity index is 1.36. The molecule has 4 bridgehead atoms. The molecule has 6 N–H and O–H groups in total. The molecule has 1 aliphatic heterocycles. The molecule has 0 saturated heterocycles. The van der Waals surface area contributed by atoms with Crippen LogP contribution >= 0.6 is 0 Å². The van der Waals surface area contributed by atoms with Gasteiger partial charge in [0.05, 0.1) is 12.4 Å². The molecular weight excluding hydrogens is 730 g/mol. The summed E-state index contributed by atoms with van der Waals surface area (Å²) in [6, 6.07) is 16.7. The van der Waals surface area contributed by atoms with E-state index in [0.717, 1.165) is 0 Å². The summed E-state index contributed by atoms with van der Waals surface area (Å²) in [5, 5.41) is 18.3. The minimum Gasteiger partial charge on any atom is -0.351 e. The number of amides is 6. The highest BCUT2D eigenvalue weighted by molar-refractivity contribution is 6.00. The van der Waals surface area contributed by atoms with Gasteiger partial charge in [-0.1, -0.05) is 36.4 Å². The third kappa shape index (κ3) is 11.9. The van der Waals surface area contributed by atoms with Gasteiger partial charge in [0.2, 0.25) is 0 Å². The molecule has 0 aliphatic carbocycles. The largest absolute Gasteiger partial charge is 0.351 e. The number of halogens is 2. The topological polar surface area (TPSA) is 225 Å². The van der Waals surface area contributed by atoms with Gasteiger partial charge in [-0.2, -0.15) is 10.2 Å². The summed E-state index contributed by atoms with van der Waals surface area (Å²) in [7, 11) is 0. The van der Waals surface area contributed by atoms with Gasteiger partial charge in [-0.15, -0.1) is 0 Å². The first kappa shape index (κ1) is 40.0. The summed E-state index contributed by atoms with van der Waals surface area (Å²) in [6.07, 6.45) is 2.98. The van der Waals surface area contributed by atoms with Crippen molar-refractivity contribution in [3.63, 3.8) is 0 Å². The zero-order chi connectivity index (χ0) is 39.9. The Morgan fingerprint density at radius 1 is 0.571 bits per heavy atom. The zero-order valence-corrected chi connectivity index (χ0v) is 29.6. The molecule has 4 aromatic rings. The van der Waals surface area contributed by atoms with Gasteiger partial charge in [0.15, 0.2) is 0 Å². The predicted octanol–water partition coefficient (Wildman–Crippen LogP) is 1.99. The van der Waals surface area contributed by atoms with Gasteiger partial charge in [-0.3, -0.25) is 28.8 Å². The molecule has 3 heterocycles. The number of carbonyl (C=O) groups is 6. The van der Waals surface area contributed by atoms with Crippen LogP contribution in [0.4, 0.5) is 8.78 Å².